The number of nitrogens with zero attached hydrogens (tertiary/aromatic N) is 2. The molecule has 0 saturated heterocycles. The molecule has 10 heteroatoms. The Morgan fingerprint density at radius 2 is 2.09 bits per heavy atom. The molecule has 2 aliphatic rings. The normalized spacial score (nSPS) is 16.9. The summed E-state index contributed by atoms with van der Waals surface area (Å²) in [6.45, 7) is 3.72. The molecule has 1 unspecified atom stereocenters. The second-order valence-corrected chi connectivity index (χ2v) is 9.06. The molecule has 5 rings (SSSR count). The van der Waals surface area contributed by atoms with E-state index in [-0.39, 0.29) is 30.3 Å². The first-order valence-electron chi connectivity index (χ1n) is 10.4. The van der Waals surface area contributed by atoms with E-state index in [1.807, 2.05) is 0 Å². The number of thiazole rings is 1. The minimum absolute atomic E-state index is 0.00838. The largest absolute Gasteiger partial charge is 0.507 e. The number of carbonyl (C=O) groups excluding carboxylic acids is 1. The topological polar surface area (TPSA) is 99.4 Å². The molecule has 0 amide bonds. The molecule has 34 heavy (non-hydrogen) atoms. The zero-order valence-electron chi connectivity index (χ0n) is 18.2. The summed E-state index contributed by atoms with van der Waals surface area (Å²) in [5.74, 6) is 0.562. The number of phenols is 1. The average molecular weight is 499 g/mol. The van der Waals surface area contributed by atoms with Gasteiger partial charge in [0.2, 0.25) is 6.79 Å². The van der Waals surface area contributed by atoms with E-state index in [2.05, 4.69) is 4.99 Å². The van der Waals surface area contributed by atoms with E-state index >= 15 is 0 Å². The van der Waals surface area contributed by atoms with Crippen LogP contribution < -0.4 is 24.4 Å². The summed E-state index contributed by atoms with van der Waals surface area (Å²) in [6, 6.07) is 9.10. The molecule has 3 heterocycles. The second-order valence-electron chi connectivity index (χ2n) is 7.62. The van der Waals surface area contributed by atoms with E-state index in [1.165, 1.54) is 10.6 Å². The number of phenolic OH excluding ortho intramolecular Hbond substituents is 1. The number of esters is 1. The van der Waals surface area contributed by atoms with Gasteiger partial charge in [0.1, 0.15) is 5.75 Å². The Morgan fingerprint density at radius 1 is 1.29 bits per heavy atom. The fourth-order valence-electron chi connectivity index (χ4n) is 3.97. The number of aromatic hydroxyl groups is 1. The van der Waals surface area contributed by atoms with E-state index in [9.17, 15) is 14.7 Å². The summed E-state index contributed by atoms with van der Waals surface area (Å²) < 4.78 is 18.0. The number of carbonyl (C=O) groups is 1. The van der Waals surface area contributed by atoms with Crippen LogP contribution in [0.5, 0.6) is 17.2 Å². The number of hydrogen-bond donors (Lipinski definition) is 1. The van der Waals surface area contributed by atoms with E-state index in [0.29, 0.717) is 42.7 Å². The fourth-order valence-corrected chi connectivity index (χ4v) is 5.19. The van der Waals surface area contributed by atoms with Gasteiger partial charge in [-0.1, -0.05) is 29.0 Å². The summed E-state index contributed by atoms with van der Waals surface area (Å²) in [5, 5.41) is 10.6. The maximum Gasteiger partial charge on any atom is 0.338 e. The van der Waals surface area contributed by atoms with Gasteiger partial charge in [-0.25, -0.2) is 9.79 Å². The maximum atomic E-state index is 13.6. The average Bonchev–Trinajstić information content (AvgIpc) is 3.39. The molecule has 0 bridgehead atoms. The molecule has 1 aromatic heterocycles. The van der Waals surface area contributed by atoms with Gasteiger partial charge in [0.15, 0.2) is 16.3 Å². The highest BCUT2D eigenvalue weighted by molar-refractivity contribution is 7.07. The number of allylic oxidation sites excluding steroid dienone is 1. The summed E-state index contributed by atoms with van der Waals surface area (Å²) in [4.78, 5) is 31.5. The predicted molar refractivity (Wildman–Crippen MR) is 126 cm³/mol. The van der Waals surface area contributed by atoms with Crippen LogP contribution >= 0.6 is 22.9 Å². The van der Waals surface area contributed by atoms with Crippen LogP contribution in [0.15, 0.2) is 57.5 Å². The lowest BCUT2D eigenvalue weighted by Gasteiger charge is -2.24. The molecule has 8 nitrogen and oxygen atoms in total. The van der Waals surface area contributed by atoms with Gasteiger partial charge in [-0.05, 0) is 55.8 Å². The van der Waals surface area contributed by atoms with Gasteiger partial charge < -0.3 is 19.3 Å². The molecule has 1 N–H and O–H groups in total. The Morgan fingerprint density at radius 3 is 2.88 bits per heavy atom. The van der Waals surface area contributed by atoms with Crippen LogP contribution in [0.3, 0.4) is 0 Å². The molecule has 2 aromatic carbocycles. The Balaban J connectivity index is 1.74. The van der Waals surface area contributed by atoms with Crippen molar-refractivity contribution < 1.29 is 24.1 Å². The molecule has 0 spiro atoms. The summed E-state index contributed by atoms with van der Waals surface area (Å²) in [6.07, 6.45) is 1.56. The molecule has 2 aliphatic heterocycles. The first kappa shape index (κ1) is 22.2. The van der Waals surface area contributed by atoms with Crippen LogP contribution in [-0.2, 0) is 9.53 Å². The van der Waals surface area contributed by atoms with E-state index in [0.717, 1.165) is 11.3 Å². The minimum atomic E-state index is -0.778. The fraction of sp³-hybridized carbons (Fsp3) is 0.208. The van der Waals surface area contributed by atoms with Crippen LogP contribution in [0.1, 0.15) is 31.0 Å². The first-order chi connectivity index (χ1) is 16.4. The minimum Gasteiger partial charge on any atom is -0.507 e. The number of ether oxygens (including phenoxy) is 3. The van der Waals surface area contributed by atoms with Crippen LogP contribution in [0.4, 0.5) is 0 Å². The third kappa shape index (κ3) is 3.76. The summed E-state index contributed by atoms with van der Waals surface area (Å²) in [5.41, 5.74) is 1.42. The van der Waals surface area contributed by atoms with Crippen molar-refractivity contribution in [2.24, 2.45) is 4.99 Å². The van der Waals surface area contributed by atoms with Gasteiger partial charge in [-0.15, -0.1) is 0 Å². The monoisotopic (exact) mass is 498 g/mol. The Labute approximate surface area is 202 Å². The van der Waals surface area contributed by atoms with Crippen molar-refractivity contribution >= 4 is 35.0 Å². The molecular weight excluding hydrogens is 480 g/mol. The van der Waals surface area contributed by atoms with Gasteiger partial charge in [0.05, 0.1) is 28.5 Å². The molecule has 174 valence electrons. The van der Waals surface area contributed by atoms with E-state index in [1.54, 1.807) is 50.3 Å². The quantitative estimate of drug-likeness (QED) is 0.555. The van der Waals surface area contributed by atoms with Gasteiger partial charge >= 0.3 is 5.97 Å². The Kier molecular flexibility index (Phi) is 5.66. The number of halogens is 1. The highest BCUT2D eigenvalue weighted by Gasteiger charge is 2.34. The smallest absolute Gasteiger partial charge is 0.338 e. The van der Waals surface area contributed by atoms with Gasteiger partial charge in [-0.2, -0.15) is 0 Å². The number of benzene rings is 2. The summed E-state index contributed by atoms with van der Waals surface area (Å²) >= 11 is 7.22. The van der Waals surface area contributed by atoms with Crippen LogP contribution in [0.2, 0.25) is 5.02 Å². The van der Waals surface area contributed by atoms with Crippen molar-refractivity contribution in [2.75, 3.05) is 13.4 Å². The number of aromatic nitrogens is 1. The third-order valence-electron chi connectivity index (χ3n) is 5.51. The SMILES string of the molecule is CCOC(=O)C1=C(C)N=c2s/c(=C/c3cc(Cl)ccc3O)c(=O)n2C1c1ccc2c(c1)OCO2. The number of fused-ring (bicyclic) bond motifs is 2. The zero-order chi connectivity index (χ0) is 24.0. The maximum absolute atomic E-state index is 13.6. The van der Waals surface area contributed by atoms with Gasteiger partial charge in [0, 0.05) is 10.6 Å². The Hall–Kier alpha value is -3.56. The third-order valence-corrected chi connectivity index (χ3v) is 6.72. The van der Waals surface area contributed by atoms with Crippen LogP contribution in [0, 0.1) is 0 Å². The lowest BCUT2D eigenvalue weighted by atomic mass is 9.95. The van der Waals surface area contributed by atoms with Gasteiger partial charge in [-0.3, -0.25) is 9.36 Å². The molecular formula is C24H19ClN2O6S. The van der Waals surface area contributed by atoms with Gasteiger partial charge in [0.25, 0.3) is 5.56 Å². The Bertz CT molecular complexity index is 1540. The molecule has 0 fully saturated rings. The molecule has 0 radical (unpaired) electrons. The predicted octanol–water partition coefficient (Wildman–Crippen LogP) is 2.89. The van der Waals surface area contributed by atoms with Crippen molar-refractivity contribution in [3.05, 3.63) is 83.5 Å². The first-order valence-corrected chi connectivity index (χ1v) is 11.6. The van der Waals surface area contributed by atoms with E-state index in [4.69, 9.17) is 25.8 Å². The number of hydrogen-bond acceptors (Lipinski definition) is 8. The van der Waals surface area contributed by atoms with Crippen LogP contribution in [0.25, 0.3) is 6.08 Å². The molecule has 0 aliphatic carbocycles. The molecule has 3 aromatic rings. The van der Waals surface area contributed by atoms with Crippen molar-refractivity contribution in [3.8, 4) is 17.2 Å². The van der Waals surface area contributed by atoms with E-state index < -0.39 is 12.0 Å². The highest BCUT2D eigenvalue weighted by atomic mass is 35.5. The second kappa shape index (κ2) is 8.66. The molecule has 1 atom stereocenters. The van der Waals surface area contributed by atoms with Crippen molar-refractivity contribution in [3.63, 3.8) is 0 Å². The summed E-state index contributed by atoms with van der Waals surface area (Å²) in [7, 11) is 0. The lowest BCUT2D eigenvalue weighted by Crippen LogP contribution is -2.39. The highest BCUT2D eigenvalue weighted by Crippen LogP contribution is 2.38. The van der Waals surface area contributed by atoms with Crippen molar-refractivity contribution in [1.82, 2.24) is 4.57 Å². The van der Waals surface area contributed by atoms with Crippen molar-refractivity contribution in [1.29, 1.82) is 0 Å². The standard InChI is InChI=1S/C24H19ClN2O6S/c1-3-31-23(30)20-12(2)26-24-27(21(20)13-4-7-17-18(9-13)33-11-32-17)22(29)19(34-24)10-14-8-15(25)5-6-16(14)28/h4-10,21,28H,3,11H2,1-2H3/b19-10+. The van der Waals surface area contributed by atoms with Crippen LogP contribution in [-0.4, -0.2) is 29.0 Å². The zero-order valence-corrected chi connectivity index (χ0v) is 19.8. The number of rotatable bonds is 4. The lowest BCUT2D eigenvalue weighted by molar-refractivity contribution is -0.139. The molecule has 0 saturated carbocycles. The van der Waals surface area contributed by atoms with Crippen molar-refractivity contribution in [2.45, 2.75) is 19.9 Å².